The van der Waals surface area contributed by atoms with E-state index in [1.807, 2.05) is 24.3 Å². The van der Waals surface area contributed by atoms with Gasteiger partial charge in [0.25, 0.3) is 0 Å². The summed E-state index contributed by atoms with van der Waals surface area (Å²) in [5.74, 6) is 0.884. The van der Waals surface area contributed by atoms with Crippen molar-refractivity contribution in [1.29, 1.82) is 0 Å². The zero-order valence-corrected chi connectivity index (χ0v) is 11.7. The maximum atomic E-state index is 5.78. The Morgan fingerprint density at radius 1 is 1.11 bits per heavy atom. The summed E-state index contributed by atoms with van der Waals surface area (Å²) in [5.41, 5.74) is 10.2. The van der Waals surface area contributed by atoms with Crippen LogP contribution in [0.2, 0.25) is 0 Å². The molecule has 2 aromatic rings. The van der Waals surface area contributed by atoms with Crippen molar-refractivity contribution >= 4 is 11.4 Å². The number of hydrogen-bond acceptors (Lipinski definition) is 3. The number of nitrogens with two attached hydrogens (primary N) is 1. The second-order valence-corrected chi connectivity index (χ2v) is 4.75. The van der Waals surface area contributed by atoms with Gasteiger partial charge in [-0.15, -0.1) is 0 Å². The molecule has 2 aromatic carbocycles. The number of nitrogens with zero attached hydrogens (tertiary/aromatic N) is 1. The summed E-state index contributed by atoms with van der Waals surface area (Å²) in [4.78, 5) is 2.22. The lowest BCUT2D eigenvalue weighted by Crippen LogP contribution is -2.17. The molecule has 0 aromatic heterocycles. The van der Waals surface area contributed by atoms with Crippen LogP contribution < -0.4 is 15.4 Å². The molecule has 0 aliphatic rings. The van der Waals surface area contributed by atoms with E-state index in [9.17, 15) is 0 Å². The first-order chi connectivity index (χ1) is 9.10. The zero-order chi connectivity index (χ0) is 13.8. The number of benzene rings is 2. The monoisotopic (exact) mass is 256 g/mol. The molecule has 0 heterocycles. The molecule has 2 N–H and O–H groups in total. The van der Waals surface area contributed by atoms with Crippen LogP contribution in [0.3, 0.4) is 0 Å². The molecule has 0 saturated heterocycles. The van der Waals surface area contributed by atoms with Crippen LogP contribution in [0.1, 0.15) is 11.1 Å². The number of ether oxygens (including phenoxy) is 1. The molecule has 19 heavy (non-hydrogen) atoms. The lowest BCUT2D eigenvalue weighted by atomic mass is 10.1. The van der Waals surface area contributed by atoms with E-state index in [2.05, 4.69) is 37.1 Å². The molecule has 0 radical (unpaired) electrons. The van der Waals surface area contributed by atoms with Gasteiger partial charge in [0.05, 0.1) is 7.11 Å². The summed E-state index contributed by atoms with van der Waals surface area (Å²) in [6, 6.07) is 14.1. The van der Waals surface area contributed by atoms with Crippen LogP contribution in [0.4, 0.5) is 11.4 Å². The second-order valence-electron chi connectivity index (χ2n) is 4.75. The van der Waals surface area contributed by atoms with E-state index in [0.717, 1.165) is 18.0 Å². The predicted octanol–water partition coefficient (Wildman–Crippen LogP) is 3.22. The Morgan fingerprint density at radius 2 is 1.79 bits per heavy atom. The van der Waals surface area contributed by atoms with Crippen LogP contribution in [0, 0.1) is 6.92 Å². The van der Waals surface area contributed by atoms with Gasteiger partial charge in [-0.1, -0.05) is 12.1 Å². The number of anilines is 2. The Hall–Kier alpha value is -2.16. The number of nitrogen functional groups attached to an aromatic ring is 1. The predicted molar refractivity (Wildman–Crippen MR) is 80.7 cm³/mol. The van der Waals surface area contributed by atoms with Crippen LogP contribution in [0.5, 0.6) is 5.75 Å². The highest BCUT2D eigenvalue weighted by Gasteiger charge is 2.05. The van der Waals surface area contributed by atoms with Crippen molar-refractivity contribution in [1.82, 2.24) is 0 Å². The van der Waals surface area contributed by atoms with Gasteiger partial charge in [-0.2, -0.15) is 0 Å². The van der Waals surface area contributed by atoms with E-state index in [4.69, 9.17) is 10.5 Å². The van der Waals surface area contributed by atoms with Crippen molar-refractivity contribution in [3.8, 4) is 5.75 Å². The third-order valence-corrected chi connectivity index (χ3v) is 3.21. The topological polar surface area (TPSA) is 38.5 Å². The number of methoxy groups -OCH3 is 1. The van der Waals surface area contributed by atoms with Gasteiger partial charge in [-0.3, -0.25) is 0 Å². The van der Waals surface area contributed by atoms with E-state index in [1.165, 1.54) is 16.8 Å². The highest BCUT2D eigenvalue weighted by atomic mass is 16.5. The van der Waals surface area contributed by atoms with Gasteiger partial charge in [0.2, 0.25) is 0 Å². The van der Waals surface area contributed by atoms with E-state index >= 15 is 0 Å². The summed E-state index contributed by atoms with van der Waals surface area (Å²) in [6.07, 6.45) is 0. The summed E-state index contributed by atoms with van der Waals surface area (Å²) in [7, 11) is 3.77. The molecular formula is C16H20N2O. The fraction of sp³-hybridized carbons (Fsp3) is 0.250. The first kappa shape index (κ1) is 13.3. The van der Waals surface area contributed by atoms with Crippen LogP contribution in [0.15, 0.2) is 42.5 Å². The van der Waals surface area contributed by atoms with Gasteiger partial charge in [0, 0.05) is 25.0 Å². The van der Waals surface area contributed by atoms with Gasteiger partial charge in [-0.25, -0.2) is 0 Å². The third-order valence-electron chi connectivity index (χ3n) is 3.21. The molecule has 0 atom stereocenters. The van der Waals surface area contributed by atoms with Crippen molar-refractivity contribution in [2.45, 2.75) is 13.5 Å². The molecule has 0 bridgehead atoms. The van der Waals surface area contributed by atoms with E-state index in [0.29, 0.717) is 0 Å². The molecule has 0 spiro atoms. The van der Waals surface area contributed by atoms with Crippen molar-refractivity contribution in [2.75, 3.05) is 24.8 Å². The minimum atomic E-state index is 0.805. The molecule has 0 aliphatic carbocycles. The Labute approximate surface area is 114 Å². The number of hydrogen-bond donors (Lipinski definition) is 1. The summed E-state index contributed by atoms with van der Waals surface area (Å²) in [6.45, 7) is 2.94. The van der Waals surface area contributed by atoms with Gasteiger partial charge < -0.3 is 15.4 Å². The van der Waals surface area contributed by atoms with Crippen molar-refractivity contribution in [2.24, 2.45) is 0 Å². The molecular weight excluding hydrogens is 236 g/mol. The molecule has 100 valence electrons. The van der Waals surface area contributed by atoms with Crippen LogP contribution in [-0.2, 0) is 6.54 Å². The highest BCUT2D eigenvalue weighted by molar-refractivity contribution is 5.59. The fourth-order valence-electron chi connectivity index (χ4n) is 2.20. The smallest absolute Gasteiger partial charge is 0.118 e. The summed E-state index contributed by atoms with van der Waals surface area (Å²) in [5, 5.41) is 0. The minimum Gasteiger partial charge on any atom is -0.497 e. The maximum absolute atomic E-state index is 5.78. The van der Waals surface area contributed by atoms with Crippen LogP contribution >= 0.6 is 0 Å². The second kappa shape index (κ2) is 5.65. The third kappa shape index (κ3) is 3.19. The van der Waals surface area contributed by atoms with E-state index in [1.54, 1.807) is 7.11 Å². The molecule has 0 amide bonds. The molecule has 0 saturated carbocycles. The van der Waals surface area contributed by atoms with Crippen molar-refractivity contribution in [3.63, 3.8) is 0 Å². The molecule has 0 aliphatic heterocycles. The minimum absolute atomic E-state index is 0.805. The molecule has 3 heteroatoms. The van der Waals surface area contributed by atoms with Gasteiger partial charge in [0.1, 0.15) is 5.75 Å². The summed E-state index contributed by atoms with van der Waals surface area (Å²) >= 11 is 0. The molecule has 0 unspecified atom stereocenters. The van der Waals surface area contributed by atoms with Crippen molar-refractivity contribution < 1.29 is 4.74 Å². The first-order valence-corrected chi connectivity index (χ1v) is 6.30. The number of aryl methyl sites for hydroxylation is 1. The van der Waals surface area contributed by atoms with Gasteiger partial charge >= 0.3 is 0 Å². The molecule has 0 fully saturated rings. The average Bonchev–Trinajstić information content (AvgIpc) is 2.39. The SMILES string of the molecule is COc1ccc(CN(C)c2ccc(N)cc2C)cc1. The Bertz CT molecular complexity index is 549. The Morgan fingerprint density at radius 3 is 2.37 bits per heavy atom. The highest BCUT2D eigenvalue weighted by Crippen LogP contribution is 2.23. The zero-order valence-electron chi connectivity index (χ0n) is 11.7. The lowest BCUT2D eigenvalue weighted by Gasteiger charge is -2.22. The lowest BCUT2D eigenvalue weighted by molar-refractivity contribution is 0.414. The summed E-state index contributed by atoms with van der Waals surface area (Å²) < 4.78 is 5.16. The normalized spacial score (nSPS) is 10.3. The van der Waals surface area contributed by atoms with E-state index < -0.39 is 0 Å². The van der Waals surface area contributed by atoms with Crippen LogP contribution in [0.25, 0.3) is 0 Å². The fourth-order valence-corrected chi connectivity index (χ4v) is 2.20. The first-order valence-electron chi connectivity index (χ1n) is 6.30. The average molecular weight is 256 g/mol. The Kier molecular flexibility index (Phi) is 3.95. The van der Waals surface area contributed by atoms with Crippen molar-refractivity contribution in [3.05, 3.63) is 53.6 Å². The van der Waals surface area contributed by atoms with Gasteiger partial charge in [0.15, 0.2) is 0 Å². The Balaban J connectivity index is 2.13. The largest absolute Gasteiger partial charge is 0.497 e. The quantitative estimate of drug-likeness (QED) is 0.854. The standard InChI is InChI=1S/C16H20N2O/c1-12-10-14(17)6-9-16(12)18(2)11-13-4-7-15(19-3)8-5-13/h4-10H,11,17H2,1-3H3. The maximum Gasteiger partial charge on any atom is 0.118 e. The van der Waals surface area contributed by atoms with E-state index in [-0.39, 0.29) is 0 Å². The molecule has 2 rings (SSSR count). The number of rotatable bonds is 4. The van der Waals surface area contributed by atoms with Crippen LogP contribution in [-0.4, -0.2) is 14.2 Å². The molecule has 3 nitrogen and oxygen atoms in total. The van der Waals surface area contributed by atoms with Gasteiger partial charge in [-0.05, 0) is 48.4 Å².